The highest BCUT2D eigenvalue weighted by Crippen LogP contribution is 2.31. The topological polar surface area (TPSA) is 107 Å². The van der Waals surface area contributed by atoms with Gasteiger partial charge in [0.15, 0.2) is 0 Å². The van der Waals surface area contributed by atoms with Gasteiger partial charge in [0.25, 0.3) is 0 Å². The van der Waals surface area contributed by atoms with E-state index < -0.39 is 15.9 Å². The average molecular weight is 396 g/mol. The highest BCUT2D eigenvalue weighted by atomic mass is 32.2. The zero-order chi connectivity index (χ0) is 19.7. The van der Waals surface area contributed by atoms with Gasteiger partial charge in [0.1, 0.15) is 4.90 Å². The second-order valence-electron chi connectivity index (χ2n) is 6.95. The first kappa shape index (κ1) is 18.4. The summed E-state index contributed by atoms with van der Waals surface area (Å²) in [6, 6.07) is 11.9. The van der Waals surface area contributed by atoms with Gasteiger partial charge in [-0.15, -0.1) is 0 Å². The lowest BCUT2D eigenvalue weighted by Crippen LogP contribution is -2.17. The van der Waals surface area contributed by atoms with Gasteiger partial charge in [0, 0.05) is 18.0 Å². The molecule has 0 unspecified atom stereocenters. The Morgan fingerprint density at radius 2 is 2.04 bits per heavy atom. The van der Waals surface area contributed by atoms with E-state index in [4.69, 9.17) is 5.14 Å². The number of sulfonamides is 1. The van der Waals surface area contributed by atoms with Crippen molar-refractivity contribution in [1.29, 1.82) is 0 Å². The summed E-state index contributed by atoms with van der Waals surface area (Å²) in [5.41, 5.74) is 2.08. The van der Waals surface area contributed by atoms with Gasteiger partial charge in [-0.1, -0.05) is 18.2 Å². The number of hydrogen-bond acceptors (Lipinski definition) is 4. The first-order chi connectivity index (χ1) is 13.4. The maximum absolute atomic E-state index is 12.2. The van der Waals surface area contributed by atoms with Crippen LogP contribution in [0.3, 0.4) is 0 Å². The molecular formula is C20H20N4O3S. The zero-order valence-corrected chi connectivity index (χ0v) is 15.9. The third-order valence-electron chi connectivity index (χ3n) is 4.67. The molecular weight excluding hydrogens is 376 g/mol. The van der Waals surface area contributed by atoms with Crippen LogP contribution in [0.4, 0.5) is 5.69 Å². The Balaban J connectivity index is 1.49. The molecule has 1 saturated carbocycles. The SMILES string of the molecule is NS(=O)(=O)c1ccccc1NC(=O)/C=C/c1ccc2c(cnn2CC2CC2)c1. The van der Waals surface area contributed by atoms with Crippen LogP contribution in [0.5, 0.6) is 0 Å². The van der Waals surface area contributed by atoms with E-state index in [1.54, 1.807) is 18.2 Å². The second-order valence-corrected chi connectivity index (χ2v) is 8.48. The Kier molecular flexibility index (Phi) is 4.74. The van der Waals surface area contributed by atoms with Gasteiger partial charge < -0.3 is 5.32 Å². The lowest BCUT2D eigenvalue weighted by Gasteiger charge is -2.07. The molecule has 1 amide bonds. The third kappa shape index (κ3) is 4.13. The van der Waals surface area contributed by atoms with E-state index in [-0.39, 0.29) is 10.6 Å². The monoisotopic (exact) mass is 396 g/mol. The summed E-state index contributed by atoms with van der Waals surface area (Å²) in [6.07, 6.45) is 7.40. The molecule has 0 radical (unpaired) electrons. The van der Waals surface area contributed by atoms with Gasteiger partial charge in [0.05, 0.1) is 17.4 Å². The molecule has 0 atom stereocenters. The average Bonchev–Trinajstić information content (AvgIpc) is 3.39. The van der Waals surface area contributed by atoms with Crippen molar-refractivity contribution in [2.45, 2.75) is 24.3 Å². The standard InChI is InChI=1S/C20H20N4O3S/c21-28(26,27)19-4-2-1-3-17(19)23-20(25)10-8-14-7-9-18-16(11-14)12-22-24(18)13-15-5-6-15/h1-4,7-12,15H,5-6,13H2,(H,23,25)(H2,21,26,27)/b10-8+. The number of hydrogen-bond donors (Lipinski definition) is 2. The van der Waals surface area contributed by atoms with Crippen molar-refractivity contribution in [3.8, 4) is 0 Å². The zero-order valence-electron chi connectivity index (χ0n) is 15.1. The number of anilines is 1. The maximum Gasteiger partial charge on any atom is 0.248 e. The Morgan fingerprint density at radius 3 is 2.79 bits per heavy atom. The molecule has 3 N–H and O–H groups in total. The number of primary sulfonamides is 1. The van der Waals surface area contributed by atoms with E-state index >= 15 is 0 Å². The van der Waals surface area contributed by atoms with E-state index in [2.05, 4.69) is 10.4 Å². The molecule has 0 spiro atoms. The van der Waals surface area contributed by atoms with Crippen LogP contribution in [0.2, 0.25) is 0 Å². The number of aromatic nitrogens is 2. The minimum Gasteiger partial charge on any atom is -0.321 e. The number of carbonyl (C=O) groups excluding carboxylic acids is 1. The summed E-state index contributed by atoms with van der Waals surface area (Å²) >= 11 is 0. The molecule has 7 nitrogen and oxygen atoms in total. The van der Waals surface area contributed by atoms with Crippen molar-refractivity contribution >= 4 is 38.6 Å². The minimum absolute atomic E-state index is 0.124. The number of benzene rings is 2. The summed E-state index contributed by atoms with van der Waals surface area (Å²) in [5, 5.41) is 13.2. The number of para-hydroxylation sites is 1. The predicted octanol–water partition coefficient (Wildman–Crippen LogP) is 2.75. The van der Waals surface area contributed by atoms with Crippen LogP contribution >= 0.6 is 0 Å². The van der Waals surface area contributed by atoms with Gasteiger partial charge in [-0.25, -0.2) is 13.6 Å². The Hall–Kier alpha value is -2.97. The number of nitrogens with two attached hydrogens (primary N) is 1. The fourth-order valence-corrected chi connectivity index (χ4v) is 3.76. The fourth-order valence-electron chi connectivity index (χ4n) is 3.06. The number of carbonyl (C=O) groups is 1. The maximum atomic E-state index is 12.2. The van der Waals surface area contributed by atoms with Gasteiger partial charge in [0.2, 0.25) is 15.9 Å². The molecule has 1 aliphatic rings. The van der Waals surface area contributed by atoms with Gasteiger partial charge in [-0.2, -0.15) is 5.10 Å². The summed E-state index contributed by atoms with van der Waals surface area (Å²) in [5.74, 6) is 0.298. The lowest BCUT2D eigenvalue weighted by molar-refractivity contribution is -0.111. The van der Waals surface area contributed by atoms with Crippen molar-refractivity contribution in [2.75, 3.05) is 5.32 Å². The third-order valence-corrected chi connectivity index (χ3v) is 5.64. The Labute approximate surface area is 162 Å². The van der Waals surface area contributed by atoms with Crippen LogP contribution < -0.4 is 10.5 Å². The van der Waals surface area contributed by atoms with Crippen molar-refractivity contribution in [3.63, 3.8) is 0 Å². The van der Waals surface area contributed by atoms with Crippen LogP contribution in [0.25, 0.3) is 17.0 Å². The van der Waals surface area contributed by atoms with E-state index in [1.165, 1.54) is 31.1 Å². The van der Waals surface area contributed by atoms with Crippen molar-refractivity contribution in [2.24, 2.45) is 11.1 Å². The van der Waals surface area contributed by atoms with Gasteiger partial charge in [-0.05, 0) is 54.7 Å². The number of nitrogens with one attached hydrogen (secondary N) is 1. The summed E-state index contributed by atoms with van der Waals surface area (Å²) < 4.78 is 25.2. The Morgan fingerprint density at radius 1 is 1.25 bits per heavy atom. The number of amides is 1. The molecule has 144 valence electrons. The first-order valence-electron chi connectivity index (χ1n) is 8.96. The summed E-state index contributed by atoms with van der Waals surface area (Å²) in [4.78, 5) is 12.1. The molecule has 0 aliphatic heterocycles. The Bertz CT molecular complexity index is 1180. The number of fused-ring (bicyclic) bond motifs is 1. The van der Waals surface area contributed by atoms with Gasteiger partial charge >= 0.3 is 0 Å². The molecule has 4 rings (SSSR count). The molecule has 1 aliphatic carbocycles. The fraction of sp³-hybridized carbons (Fsp3) is 0.200. The molecule has 1 aromatic heterocycles. The van der Waals surface area contributed by atoms with E-state index in [9.17, 15) is 13.2 Å². The van der Waals surface area contributed by atoms with Gasteiger partial charge in [-0.3, -0.25) is 9.48 Å². The highest BCUT2D eigenvalue weighted by Gasteiger charge is 2.22. The molecule has 1 heterocycles. The van der Waals surface area contributed by atoms with Crippen LogP contribution in [0, 0.1) is 5.92 Å². The molecule has 28 heavy (non-hydrogen) atoms. The molecule has 2 aromatic carbocycles. The first-order valence-corrected chi connectivity index (χ1v) is 10.5. The van der Waals surface area contributed by atoms with Crippen LogP contribution in [0.15, 0.2) is 59.6 Å². The van der Waals surface area contributed by atoms with Crippen LogP contribution in [0.1, 0.15) is 18.4 Å². The minimum atomic E-state index is -3.92. The quantitative estimate of drug-likeness (QED) is 0.625. The molecule has 0 saturated heterocycles. The lowest BCUT2D eigenvalue weighted by atomic mass is 10.1. The van der Waals surface area contributed by atoms with E-state index in [0.29, 0.717) is 0 Å². The van der Waals surface area contributed by atoms with Crippen molar-refractivity contribution in [1.82, 2.24) is 9.78 Å². The number of rotatable bonds is 6. The number of nitrogens with zero attached hydrogens (tertiary/aromatic N) is 2. The summed E-state index contributed by atoms with van der Waals surface area (Å²) in [7, 11) is -3.92. The predicted molar refractivity (Wildman–Crippen MR) is 108 cm³/mol. The molecule has 1 fully saturated rings. The largest absolute Gasteiger partial charge is 0.321 e. The highest BCUT2D eigenvalue weighted by molar-refractivity contribution is 7.89. The van der Waals surface area contributed by atoms with E-state index in [0.717, 1.165) is 28.9 Å². The second kappa shape index (κ2) is 7.21. The smallest absolute Gasteiger partial charge is 0.248 e. The molecule has 8 heteroatoms. The van der Waals surface area contributed by atoms with Crippen LogP contribution in [-0.2, 0) is 21.4 Å². The normalized spacial score (nSPS) is 14.6. The van der Waals surface area contributed by atoms with Crippen LogP contribution in [-0.4, -0.2) is 24.1 Å². The summed E-state index contributed by atoms with van der Waals surface area (Å²) in [6.45, 7) is 0.949. The molecule has 3 aromatic rings. The van der Waals surface area contributed by atoms with Crippen molar-refractivity contribution < 1.29 is 13.2 Å². The molecule has 0 bridgehead atoms. The van der Waals surface area contributed by atoms with E-state index in [1.807, 2.05) is 29.1 Å². The van der Waals surface area contributed by atoms with Crippen molar-refractivity contribution in [3.05, 3.63) is 60.3 Å².